The molecule has 1 heterocycles. The standard InChI is InChI=1S/C23H28ClNO/c1-22(2)13-17-3-4-18(24)8-19(17)20(25-22)9-21(26)23-10-14-5-15(11-23)7-16(6-14)12-23/h3-4,8-9,14-16,25H,5-7,10-13H2,1-2H3/b20-9-. The molecule has 1 aromatic rings. The monoisotopic (exact) mass is 369 g/mol. The molecule has 4 fully saturated rings. The van der Waals surface area contributed by atoms with Crippen molar-refractivity contribution >= 4 is 23.1 Å². The van der Waals surface area contributed by atoms with Gasteiger partial charge >= 0.3 is 0 Å². The van der Waals surface area contributed by atoms with Crippen LogP contribution >= 0.6 is 11.6 Å². The number of hydrogen-bond acceptors (Lipinski definition) is 2. The van der Waals surface area contributed by atoms with Gasteiger partial charge in [-0.25, -0.2) is 0 Å². The SMILES string of the molecule is CC1(C)Cc2ccc(Cl)cc2/C(=C/C(=O)C23CC4CC(CC(C4)C2)C3)N1. The highest BCUT2D eigenvalue weighted by Gasteiger charge is 2.53. The minimum Gasteiger partial charge on any atom is -0.379 e. The van der Waals surface area contributed by atoms with E-state index in [4.69, 9.17) is 11.6 Å². The van der Waals surface area contributed by atoms with Crippen molar-refractivity contribution < 1.29 is 4.79 Å². The Labute approximate surface area is 161 Å². The van der Waals surface area contributed by atoms with Crippen LogP contribution in [0.15, 0.2) is 24.3 Å². The molecule has 138 valence electrons. The van der Waals surface area contributed by atoms with Gasteiger partial charge in [0.2, 0.25) is 0 Å². The normalized spacial score (nSPS) is 38.1. The van der Waals surface area contributed by atoms with E-state index in [2.05, 4.69) is 25.2 Å². The molecule has 26 heavy (non-hydrogen) atoms. The van der Waals surface area contributed by atoms with Crippen LogP contribution in [0.2, 0.25) is 5.02 Å². The molecule has 0 spiro atoms. The van der Waals surface area contributed by atoms with Crippen LogP contribution in [0.1, 0.15) is 63.5 Å². The minimum atomic E-state index is -0.0796. The Morgan fingerprint density at radius 3 is 2.35 bits per heavy atom. The van der Waals surface area contributed by atoms with E-state index in [9.17, 15) is 4.79 Å². The molecule has 5 aliphatic rings. The molecule has 0 amide bonds. The van der Waals surface area contributed by atoms with Crippen LogP contribution in [0, 0.1) is 23.2 Å². The molecule has 4 saturated carbocycles. The fourth-order valence-electron chi connectivity index (χ4n) is 6.72. The zero-order chi connectivity index (χ0) is 18.1. The average molecular weight is 370 g/mol. The summed E-state index contributed by atoms with van der Waals surface area (Å²) in [6.45, 7) is 4.40. The van der Waals surface area contributed by atoms with E-state index in [-0.39, 0.29) is 11.0 Å². The van der Waals surface area contributed by atoms with Gasteiger partial charge in [0.25, 0.3) is 0 Å². The van der Waals surface area contributed by atoms with Gasteiger partial charge in [-0.3, -0.25) is 4.79 Å². The fourth-order valence-corrected chi connectivity index (χ4v) is 6.89. The third-order valence-electron chi connectivity index (χ3n) is 7.30. The number of nitrogens with one attached hydrogen (secondary N) is 1. The zero-order valence-corrected chi connectivity index (χ0v) is 16.5. The van der Waals surface area contributed by atoms with Crippen molar-refractivity contribution in [2.45, 2.75) is 64.3 Å². The number of allylic oxidation sites excluding steroid dienone is 1. The maximum Gasteiger partial charge on any atom is 0.163 e. The Morgan fingerprint density at radius 2 is 1.73 bits per heavy atom. The summed E-state index contributed by atoms with van der Waals surface area (Å²) in [5.41, 5.74) is 3.23. The summed E-state index contributed by atoms with van der Waals surface area (Å²) in [6, 6.07) is 6.08. The number of fused-ring (bicyclic) bond motifs is 1. The summed E-state index contributed by atoms with van der Waals surface area (Å²) < 4.78 is 0. The van der Waals surface area contributed by atoms with Gasteiger partial charge in [-0.15, -0.1) is 0 Å². The van der Waals surface area contributed by atoms with Crippen LogP contribution in [0.3, 0.4) is 0 Å². The van der Waals surface area contributed by atoms with Crippen LogP contribution in [0.25, 0.3) is 5.70 Å². The van der Waals surface area contributed by atoms with Crippen molar-refractivity contribution in [1.82, 2.24) is 5.32 Å². The van der Waals surface area contributed by atoms with E-state index >= 15 is 0 Å². The third kappa shape index (κ3) is 2.72. The van der Waals surface area contributed by atoms with E-state index in [0.29, 0.717) is 5.78 Å². The van der Waals surface area contributed by atoms with Crippen LogP contribution in [-0.2, 0) is 11.2 Å². The van der Waals surface area contributed by atoms with Gasteiger partial charge in [-0.05, 0) is 94.2 Å². The predicted octanol–water partition coefficient (Wildman–Crippen LogP) is 5.39. The molecule has 0 unspecified atom stereocenters. The minimum absolute atomic E-state index is 0.0472. The molecular weight excluding hydrogens is 342 g/mol. The van der Waals surface area contributed by atoms with E-state index in [1.54, 1.807) is 0 Å². The summed E-state index contributed by atoms with van der Waals surface area (Å²) >= 11 is 6.27. The molecule has 0 atom stereocenters. The average Bonchev–Trinajstić information content (AvgIpc) is 2.53. The van der Waals surface area contributed by atoms with E-state index in [1.165, 1.54) is 24.8 Å². The van der Waals surface area contributed by atoms with E-state index in [0.717, 1.165) is 59.7 Å². The first-order valence-electron chi connectivity index (χ1n) is 10.2. The highest BCUT2D eigenvalue weighted by molar-refractivity contribution is 6.30. The first-order chi connectivity index (χ1) is 12.3. The first kappa shape index (κ1) is 16.9. The number of carbonyl (C=O) groups excluding carboxylic acids is 1. The predicted molar refractivity (Wildman–Crippen MR) is 106 cm³/mol. The zero-order valence-electron chi connectivity index (χ0n) is 15.8. The Balaban J connectivity index is 1.52. The maximum atomic E-state index is 13.5. The summed E-state index contributed by atoms with van der Waals surface area (Å²) in [5, 5.41) is 4.36. The van der Waals surface area contributed by atoms with E-state index in [1.807, 2.05) is 18.2 Å². The van der Waals surface area contributed by atoms with Crippen molar-refractivity contribution in [3.8, 4) is 0 Å². The Hall–Kier alpha value is -1.28. The number of halogens is 1. The van der Waals surface area contributed by atoms with Crippen molar-refractivity contribution in [3.05, 3.63) is 40.4 Å². The highest BCUT2D eigenvalue weighted by atomic mass is 35.5. The smallest absolute Gasteiger partial charge is 0.163 e. The second-order valence-corrected chi connectivity index (χ2v) is 10.5. The summed E-state index contributed by atoms with van der Waals surface area (Å²) in [4.78, 5) is 13.5. The van der Waals surface area contributed by atoms with Crippen LogP contribution in [0.5, 0.6) is 0 Å². The third-order valence-corrected chi connectivity index (χ3v) is 7.54. The molecule has 0 aromatic heterocycles. The van der Waals surface area contributed by atoms with Crippen molar-refractivity contribution in [2.24, 2.45) is 23.2 Å². The summed E-state index contributed by atoms with van der Waals surface area (Å²) in [7, 11) is 0. The lowest BCUT2D eigenvalue weighted by molar-refractivity contribution is -0.138. The summed E-state index contributed by atoms with van der Waals surface area (Å²) in [6.07, 6.45) is 10.3. The summed E-state index contributed by atoms with van der Waals surface area (Å²) in [5.74, 6) is 2.74. The van der Waals surface area contributed by atoms with Crippen molar-refractivity contribution in [2.75, 3.05) is 0 Å². The number of benzene rings is 1. The lowest BCUT2D eigenvalue weighted by Gasteiger charge is -2.55. The van der Waals surface area contributed by atoms with Gasteiger partial charge < -0.3 is 5.32 Å². The molecule has 6 rings (SSSR count). The lowest BCUT2D eigenvalue weighted by atomic mass is 9.48. The lowest BCUT2D eigenvalue weighted by Crippen LogP contribution is -2.50. The maximum absolute atomic E-state index is 13.5. The van der Waals surface area contributed by atoms with Gasteiger partial charge in [0.15, 0.2) is 5.78 Å². The molecule has 0 saturated heterocycles. The van der Waals surface area contributed by atoms with Gasteiger partial charge in [-0.1, -0.05) is 17.7 Å². The number of rotatable bonds is 2. The van der Waals surface area contributed by atoms with Gasteiger partial charge in [0.05, 0.1) is 0 Å². The largest absolute Gasteiger partial charge is 0.379 e. The van der Waals surface area contributed by atoms with Crippen LogP contribution in [0.4, 0.5) is 0 Å². The molecular formula is C23H28ClNO. The van der Waals surface area contributed by atoms with Crippen molar-refractivity contribution in [1.29, 1.82) is 0 Å². The van der Waals surface area contributed by atoms with Crippen molar-refractivity contribution in [3.63, 3.8) is 0 Å². The molecule has 2 nitrogen and oxygen atoms in total. The number of carbonyl (C=O) groups is 1. The number of hydrogen-bond donors (Lipinski definition) is 1. The van der Waals surface area contributed by atoms with E-state index < -0.39 is 0 Å². The first-order valence-corrected chi connectivity index (χ1v) is 10.5. The van der Waals surface area contributed by atoms with Crippen LogP contribution < -0.4 is 5.32 Å². The van der Waals surface area contributed by atoms with Gasteiger partial charge in [0, 0.05) is 33.3 Å². The second-order valence-electron chi connectivity index (χ2n) is 10.1. The van der Waals surface area contributed by atoms with Gasteiger partial charge in [0.1, 0.15) is 0 Å². The Kier molecular flexibility index (Phi) is 3.64. The highest BCUT2D eigenvalue weighted by Crippen LogP contribution is 2.60. The quantitative estimate of drug-likeness (QED) is 0.708. The fraction of sp³-hybridized carbons (Fsp3) is 0.609. The van der Waals surface area contributed by atoms with Gasteiger partial charge in [-0.2, -0.15) is 0 Å². The molecule has 0 radical (unpaired) electrons. The topological polar surface area (TPSA) is 29.1 Å². The number of ketones is 1. The molecule has 1 aromatic carbocycles. The molecule has 4 aliphatic carbocycles. The second kappa shape index (κ2) is 5.61. The Morgan fingerprint density at radius 1 is 1.12 bits per heavy atom. The molecule has 4 bridgehead atoms. The molecule has 1 N–H and O–H groups in total. The van der Waals surface area contributed by atoms with Crippen LogP contribution in [-0.4, -0.2) is 11.3 Å². The molecule has 3 heteroatoms. The molecule has 1 aliphatic heterocycles. The Bertz CT molecular complexity index is 771.